The van der Waals surface area contributed by atoms with E-state index in [0.29, 0.717) is 5.75 Å². The van der Waals surface area contributed by atoms with Crippen LogP contribution < -0.4 is 5.32 Å². The third kappa shape index (κ3) is 2.00. The highest BCUT2D eigenvalue weighted by Gasteiger charge is 2.21. The zero-order valence-electron chi connectivity index (χ0n) is 10.5. The van der Waals surface area contributed by atoms with Crippen LogP contribution in [0, 0.1) is 6.92 Å². The summed E-state index contributed by atoms with van der Waals surface area (Å²) in [6.45, 7) is 3.05. The molecular weight excluding hydrogens is 222 g/mol. The number of nitrogens with one attached hydrogen (secondary N) is 1. The fraction of sp³-hybridized carbons (Fsp3) is 0.250. The molecule has 1 heterocycles. The largest absolute Gasteiger partial charge is 0.508 e. The number of aryl methyl sites for hydroxylation is 1. The van der Waals surface area contributed by atoms with Gasteiger partial charge in [0.1, 0.15) is 5.75 Å². The lowest BCUT2D eigenvalue weighted by Crippen LogP contribution is -2.30. The highest BCUT2D eigenvalue weighted by Crippen LogP contribution is 2.30. The fourth-order valence-corrected chi connectivity index (χ4v) is 2.61. The highest BCUT2D eigenvalue weighted by atomic mass is 16.3. The van der Waals surface area contributed by atoms with Crippen molar-refractivity contribution < 1.29 is 5.11 Å². The van der Waals surface area contributed by atoms with Crippen molar-refractivity contribution in [3.05, 3.63) is 64.7 Å². The average molecular weight is 239 g/mol. The monoisotopic (exact) mass is 239 g/mol. The molecule has 0 aromatic heterocycles. The van der Waals surface area contributed by atoms with Crippen LogP contribution in [0.4, 0.5) is 0 Å². The topological polar surface area (TPSA) is 32.3 Å². The van der Waals surface area contributed by atoms with E-state index < -0.39 is 0 Å². The molecule has 0 amide bonds. The van der Waals surface area contributed by atoms with E-state index in [1.807, 2.05) is 12.1 Å². The maximum Gasteiger partial charge on any atom is 0.115 e. The Morgan fingerprint density at radius 1 is 1.11 bits per heavy atom. The van der Waals surface area contributed by atoms with E-state index in [9.17, 15) is 5.11 Å². The summed E-state index contributed by atoms with van der Waals surface area (Å²) in [6, 6.07) is 14.6. The summed E-state index contributed by atoms with van der Waals surface area (Å²) in [5.41, 5.74) is 5.09. The molecule has 0 unspecified atom stereocenters. The fourth-order valence-electron chi connectivity index (χ4n) is 2.61. The molecule has 3 rings (SSSR count). The molecule has 1 aliphatic rings. The summed E-state index contributed by atoms with van der Waals surface area (Å²) in [6.07, 6.45) is 0.978. The first kappa shape index (κ1) is 11.3. The molecule has 2 N–H and O–H groups in total. The molecule has 2 aromatic rings. The predicted molar refractivity (Wildman–Crippen MR) is 72.8 cm³/mol. The van der Waals surface area contributed by atoms with Gasteiger partial charge in [0.25, 0.3) is 0 Å². The van der Waals surface area contributed by atoms with Crippen molar-refractivity contribution in [2.75, 3.05) is 6.54 Å². The summed E-state index contributed by atoms with van der Waals surface area (Å²) < 4.78 is 0. The third-order valence-electron chi connectivity index (χ3n) is 3.59. The molecule has 0 saturated heterocycles. The Hall–Kier alpha value is -1.80. The minimum atomic E-state index is 0.245. The Bertz CT molecular complexity index is 560. The van der Waals surface area contributed by atoms with Gasteiger partial charge in [-0.25, -0.2) is 0 Å². The smallest absolute Gasteiger partial charge is 0.115 e. The van der Waals surface area contributed by atoms with Crippen LogP contribution in [0.15, 0.2) is 42.5 Å². The van der Waals surface area contributed by atoms with Crippen molar-refractivity contribution in [1.82, 2.24) is 5.32 Å². The SMILES string of the molecule is Cc1ccc([C@@H]2NCCc3cc(O)ccc32)cc1. The number of aromatic hydroxyl groups is 1. The predicted octanol–water partition coefficient (Wildman–Crippen LogP) is 2.94. The van der Waals surface area contributed by atoms with Crippen LogP contribution in [0.3, 0.4) is 0 Å². The Morgan fingerprint density at radius 2 is 1.89 bits per heavy atom. The van der Waals surface area contributed by atoms with Gasteiger partial charge in [0.05, 0.1) is 6.04 Å². The average Bonchev–Trinajstić information content (AvgIpc) is 2.38. The number of phenols is 1. The molecular formula is C16H17NO. The van der Waals surface area contributed by atoms with Crippen LogP contribution in [0.2, 0.25) is 0 Å². The Kier molecular flexibility index (Phi) is 2.80. The molecule has 0 bridgehead atoms. The van der Waals surface area contributed by atoms with E-state index in [2.05, 4.69) is 36.5 Å². The number of hydrogen-bond acceptors (Lipinski definition) is 2. The van der Waals surface area contributed by atoms with Gasteiger partial charge in [0.15, 0.2) is 0 Å². The van der Waals surface area contributed by atoms with Gasteiger partial charge in [-0.2, -0.15) is 0 Å². The van der Waals surface area contributed by atoms with Crippen molar-refractivity contribution >= 4 is 0 Å². The number of fused-ring (bicyclic) bond motifs is 1. The van der Waals surface area contributed by atoms with Crippen molar-refractivity contribution in [2.45, 2.75) is 19.4 Å². The van der Waals surface area contributed by atoms with Gasteiger partial charge >= 0.3 is 0 Å². The van der Waals surface area contributed by atoms with Crippen LogP contribution in [0.25, 0.3) is 0 Å². The molecule has 1 aliphatic heterocycles. The van der Waals surface area contributed by atoms with E-state index in [4.69, 9.17) is 0 Å². The minimum absolute atomic E-state index is 0.245. The first-order valence-electron chi connectivity index (χ1n) is 6.36. The molecule has 2 heteroatoms. The second kappa shape index (κ2) is 4.46. The second-order valence-corrected chi connectivity index (χ2v) is 4.93. The minimum Gasteiger partial charge on any atom is -0.508 e. The number of hydrogen-bond donors (Lipinski definition) is 2. The van der Waals surface area contributed by atoms with Crippen molar-refractivity contribution in [3.63, 3.8) is 0 Å². The molecule has 0 fully saturated rings. The Balaban J connectivity index is 2.03. The van der Waals surface area contributed by atoms with Gasteiger partial charge in [-0.3, -0.25) is 0 Å². The highest BCUT2D eigenvalue weighted by molar-refractivity contribution is 5.43. The van der Waals surface area contributed by atoms with Crippen LogP contribution in [-0.4, -0.2) is 11.7 Å². The van der Waals surface area contributed by atoms with Gasteiger partial charge < -0.3 is 10.4 Å². The molecule has 92 valence electrons. The summed E-state index contributed by atoms with van der Waals surface area (Å²) in [7, 11) is 0. The summed E-state index contributed by atoms with van der Waals surface area (Å²) >= 11 is 0. The van der Waals surface area contributed by atoms with E-state index in [0.717, 1.165) is 13.0 Å². The molecule has 0 aliphatic carbocycles. The van der Waals surface area contributed by atoms with Crippen LogP contribution in [-0.2, 0) is 6.42 Å². The molecule has 1 atom stereocenters. The molecule has 0 radical (unpaired) electrons. The maximum absolute atomic E-state index is 9.56. The molecule has 18 heavy (non-hydrogen) atoms. The first-order chi connectivity index (χ1) is 8.74. The van der Waals surface area contributed by atoms with Crippen molar-refractivity contribution in [2.24, 2.45) is 0 Å². The van der Waals surface area contributed by atoms with Gasteiger partial charge in [-0.15, -0.1) is 0 Å². The van der Waals surface area contributed by atoms with Crippen molar-refractivity contribution in [3.8, 4) is 5.75 Å². The zero-order chi connectivity index (χ0) is 12.5. The third-order valence-corrected chi connectivity index (χ3v) is 3.59. The molecule has 2 nitrogen and oxygen atoms in total. The summed E-state index contributed by atoms with van der Waals surface area (Å²) in [5.74, 6) is 0.360. The standard InChI is InChI=1S/C16H17NO/c1-11-2-4-12(5-3-11)16-15-7-6-14(18)10-13(15)8-9-17-16/h2-7,10,16-18H,8-9H2,1H3/t16-/m0/s1. The lowest BCUT2D eigenvalue weighted by Gasteiger charge is -2.27. The van der Waals surface area contributed by atoms with Gasteiger partial charge in [-0.1, -0.05) is 35.9 Å². The quantitative estimate of drug-likeness (QED) is 0.802. The van der Waals surface area contributed by atoms with E-state index in [1.54, 1.807) is 6.07 Å². The Morgan fingerprint density at radius 3 is 2.67 bits per heavy atom. The number of phenolic OH excluding ortho intramolecular Hbond substituents is 1. The summed E-state index contributed by atoms with van der Waals surface area (Å²) in [4.78, 5) is 0. The number of rotatable bonds is 1. The van der Waals surface area contributed by atoms with E-state index in [1.165, 1.54) is 22.3 Å². The zero-order valence-corrected chi connectivity index (χ0v) is 10.5. The molecule has 0 saturated carbocycles. The van der Waals surface area contributed by atoms with Crippen LogP contribution in [0.1, 0.15) is 28.3 Å². The van der Waals surface area contributed by atoms with Crippen LogP contribution in [0.5, 0.6) is 5.75 Å². The van der Waals surface area contributed by atoms with Crippen molar-refractivity contribution in [1.29, 1.82) is 0 Å². The lowest BCUT2D eigenvalue weighted by atomic mass is 9.89. The summed E-state index contributed by atoms with van der Waals surface area (Å²) in [5, 5.41) is 13.1. The normalized spacial score (nSPS) is 18.4. The van der Waals surface area contributed by atoms with Gasteiger partial charge in [0.2, 0.25) is 0 Å². The lowest BCUT2D eigenvalue weighted by molar-refractivity contribution is 0.471. The molecule has 0 spiro atoms. The van der Waals surface area contributed by atoms with Gasteiger partial charge in [-0.05, 0) is 42.2 Å². The molecule has 2 aromatic carbocycles. The van der Waals surface area contributed by atoms with E-state index >= 15 is 0 Å². The second-order valence-electron chi connectivity index (χ2n) is 4.93. The number of benzene rings is 2. The Labute approximate surface area is 107 Å². The maximum atomic E-state index is 9.56. The first-order valence-corrected chi connectivity index (χ1v) is 6.36. The van der Waals surface area contributed by atoms with E-state index in [-0.39, 0.29) is 6.04 Å². The van der Waals surface area contributed by atoms with Gasteiger partial charge in [0, 0.05) is 6.54 Å². The van der Waals surface area contributed by atoms with Crippen LogP contribution >= 0.6 is 0 Å².